The largest absolute Gasteiger partial charge is 0.481 e. The molecule has 0 aromatic carbocycles. The molecule has 102 valence electrons. The first kappa shape index (κ1) is 14.5. The second-order valence-electron chi connectivity index (χ2n) is 4.56. The van der Waals surface area contributed by atoms with Gasteiger partial charge in [0.25, 0.3) is 5.82 Å². The standard InChI is InChI=1S/C10H13F3N2O3/c1-5(2)9(3,8(16)17)4-6-14-7(15-18-6)10(11,12)13/h5H,4H2,1-3H3,(H,16,17). The van der Waals surface area contributed by atoms with E-state index >= 15 is 0 Å². The molecule has 0 radical (unpaired) electrons. The van der Waals surface area contributed by atoms with Gasteiger partial charge in [0.05, 0.1) is 5.41 Å². The van der Waals surface area contributed by atoms with Gasteiger partial charge in [0.15, 0.2) is 0 Å². The van der Waals surface area contributed by atoms with Crippen molar-refractivity contribution in [1.29, 1.82) is 0 Å². The third-order valence-corrected chi connectivity index (χ3v) is 3.00. The summed E-state index contributed by atoms with van der Waals surface area (Å²) >= 11 is 0. The highest BCUT2D eigenvalue weighted by atomic mass is 19.4. The van der Waals surface area contributed by atoms with Gasteiger partial charge in [-0.3, -0.25) is 4.79 Å². The molecule has 18 heavy (non-hydrogen) atoms. The summed E-state index contributed by atoms with van der Waals surface area (Å²) in [6, 6.07) is 0. The maximum atomic E-state index is 12.2. The monoisotopic (exact) mass is 266 g/mol. The van der Waals surface area contributed by atoms with Crippen molar-refractivity contribution in [3.8, 4) is 0 Å². The third kappa shape index (κ3) is 2.80. The first-order valence-corrected chi connectivity index (χ1v) is 5.20. The van der Waals surface area contributed by atoms with Crippen LogP contribution >= 0.6 is 0 Å². The summed E-state index contributed by atoms with van der Waals surface area (Å²) < 4.78 is 41.2. The normalized spacial score (nSPS) is 15.7. The maximum absolute atomic E-state index is 12.2. The van der Waals surface area contributed by atoms with Gasteiger partial charge in [0.2, 0.25) is 5.89 Å². The molecule has 1 rings (SSSR count). The van der Waals surface area contributed by atoms with Crippen molar-refractivity contribution < 1.29 is 27.6 Å². The minimum Gasteiger partial charge on any atom is -0.481 e. The van der Waals surface area contributed by atoms with Crippen LogP contribution in [0.15, 0.2) is 4.52 Å². The molecule has 1 heterocycles. The van der Waals surface area contributed by atoms with E-state index in [0.29, 0.717) is 0 Å². The first-order valence-electron chi connectivity index (χ1n) is 5.20. The number of carbonyl (C=O) groups is 1. The zero-order valence-electron chi connectivity index (χ0n) is 10.1. The van der Waals surface area contributed by atoms with Crippen molar-refractivity contribution >= 4 is 5.97 Å². The molecule has 0 bridgehead atoms. The molecule has 1 N–H and O–H groups in total. The van der Waals surface area contributed by atoms with Crippen LogP contribution in [0, 0.1) is 11.3 Å². The summed E-state index contributed by atoms with van der Waals surface area (Å²) in [5.74, 6) is -3.14. The number of alkyl halides is 3. The lowest BCUT2D eigenvalue weighted by atomic mass is 9.76. The van der Waals surface area contributed by atoms with E-state index in [2.05, 4.69) is 14.7 Å². The zero-order chi connectivity index (χ0) is 14.1. The van der Waals surface area contributed by atoms with E-state index in [0.717, 1.165) is 0 Å². The number of aromatic nitrogens is 2. The Morgan fingerprint density at radius 2 is 2.00 bits per heavy atom. The molecule has 0 saturated heterocycles. The average molecular weight is 266 g/mol. The molecular weight excluding hydrogens is 253 g/mol. The fourth-order valence-corrected chi connectivity index (χ4v) is 1.28. The van der Waals surface area contributed by atoms with Gasteiger partial charge in [0.1, 0.15) is 0 Å². The zero-order valence-corrected chi connectivity index (χ0v) is 10.1. The molecular formula is C10H13F3N2O3. The Morgan fingerprint density at radius 1 is 1.44 bits per heavy atom. The van der Waals surface area contributed by atoms with Crippen molar-refractivity contribution in [2.75, 3.05) is 0 Å². The van der Waals surface area contributed by atoms with Crippen molar-refractivity contribution in [3.05, 3.63) is 11.7 Å². The van der Waals surface area contributed by atoms with Crippen LogP contribution in [0.2, 0.25) is 0 Å². The van der Waals surface area contributed by atoms with E-state index in [1.807, 2.05) is 0 Å². The Bertz CT molecular complexity index is 442. The summed E-state index contributed by atoms with van der Waals surface area (Å²) in [5, 5.41) is 11.9. The van der Waals surface area contributed by atoms with Crippen LogP contribution in [0.3, 0.4) is 0 Å². The number of hydrogen-bond donors (Lipinski definition) is 1. The molecule has 1 aromatic heterocycles. The number of carboxylic acid groups (broad SMARTS) is 1. The topological polar surface area (TPSA) is 76.2 Å². The fourth-order valence-electron chi connectivity index (χ4n) is 1.28. The highest BCUT2D eigenvalue weighted by Gasteiger charge is 2.41. The Kier molecular flexibility index (Phi) is 3.68. The van der Waals surface area contributed by atoms with Crippen LogP contribution in [0.5, 0.6) is 0 Å². The van der Waals surface area contributed by atoms with Gasteiger partial charge in [-0.25, -0.2) is 0 Å². The molecule has 0 amide bonds. The van der Waals surface area contributed by atoms with Crippen molar-refractivity contribution in [2.45, 2.75) is 33.4 Å². The SMILES string of the molecule is CC(C)C(C)(Cc1nc(C(F)(F)F)no1)C(=O)O. The number of carboxylic acids is 1. The molecule has 0 aliphatic rings. The third-order valence-electron chi connectivity index (χ3n) is 3.00. The van der Waals surface area contributed by atoms with Crippen molar-refractivity contribution in [3.63, 3.8) is 0 Å². The van der Waals surface area contributed by atoms with Crippen LogP contribution in [0.4, 0.5) is 13.2 Å². The Labute approximate surface area is 101 Å². The van der Waals surface area contributed by atoms with Gasteiger partial charge < -0.3 is 9.63 Å². The van der Waals surface area contributed by atoms with Crippen LogP contribution in [-0.2, 0) is 17.4 Å². The second-order valence-corrected chi connectivity index (χ2v) is 4.56. The van der Waals surface area contributed by atoms with E-state index in [1.165, 1.54) is 6.92 Å². The van der Waals surface area contributed by atoms with Gasteiger partial charge >= 0.3 is 12.1 Å². The Balaban J connectivity index is 2.97. The van der Waals surface area contributed by atoms with E-state index in [9.17, 15) is 18.0 Å². The van der Waals surface area contributed by atoms with Gasteiger partial charge in [-0.1, -0.05) is 19.0 Å². The lowest BCUT2D eigenvalue weighted by Crippen LogP contribution is -2.35. The summed E-state index contributed by atoms with van der Waals surface area (Å²) in [6.45, 7) is 4.75. The molecule has 1 atom stereocenters. The van der Waals surface area contributed by atoms with E-state index in [-0.39, 0.29) is 18.2 Å². The minimum atomic E-state index is -4.70. The van der Waals surface area contributed by atoms with Gasteiger partial charge in [-0.05, 0) is 12.8 Å². The minimum absolute atomic E-state index is 0.247. The number of nitrogens with zero attached hydrogens (tertiary/aromatic N) is 2. The van der Waals surface area contributed by atoms with Crippen LogP contribution < -0.4 is 0 Å². The summed E-state index contributed by atoms with van der Waals surface area (Å²) in [7, 11) is 0. The maximum Gasteiger partial charge on any atom is 0.455 e. The molecule has 8 heteroatoms. The molecule has 0 aliphatic heterocycles. The Hall–Kier alpha value is -1.60. The predicted octanol–water partition coefficient (Wildman–Crippen LogP) is 2.38. The van der Waals surface area contributed by atoms with Gasteiger partial charge in [-0.15, -0.1) is 0 Å². The first-order chi connectivity index (χ1) is 8.07. The highest BCUT2D eigenvalue weighted by Crippen LogP contribution is 2.32. The summed E-state index contributed by atoms with van der Waals surface area (Å²) in [6.07, 6.45) is -4.94. The number of hydrogen-bond acceptors (Lipinski definition) is 4. The van der Waals surface area contributed by atoms with Gasteiger partial charge in [-0.2, -0.15) is 18.2 Å². The fraction of sp³-hybridized carbons (Fsp3) is 0.700. The Morgan fingerprint density at radius 3 is 2.33 bits per heavy atom. The van der Waals surface area contributed by atoms with E-state index in [1.54, 1.807) is 13.8 Å². The molecule has 0 saturated carbocycles. The summed E-state index contributed by atoms with van der Waals surface area (Å²) in [5.41, 5.74) is -1.25. The molecule has 1 unspecified atom stereocenters. The van der Waals surface area contributed by atoms with Crippen molar-refractivity contribution in [1.82, 2.24) is 10.1 Å². The highest BCUT2D eigenvalue weighted by molar-refractivity contribution is 5.74. The molecule has 1 aromatic rings. The van der Waals surface area contributed by atoms with Crippen LogP contribution in [0.25, 0.3) is 0 Å². The second kappa shape index (κ2) is 4.58. The number of rotatable bonds is 4. The average Bonchev–Trinajstić information content (AvgIpc) is 2.64. The molecule has 0 fully saturated rings. The molecule has 0 spiro atoms. The lowest BCUT2D eigenvalue weighted by Gasteiger charge is -2.27. The summed E-state index contributed by atoms with van der Waals surface area (Å²) in [4.78, 5) is 14.3. The lowest BCUT2D eigenvalue weighted by molar-refractivity contribution is -0.151. The molecule has 0 aliphatic carbocycles. The smallest absolute Gasteiger partial charge is 0.455 e. The van der Waals surface area contributed by atoms with E-state index in [4.69, 9.17) is 5.11 Å². The van der Waals surface area contributed by atoms with Gasteiger partial charge in [0, 0.05) is 6.42 Å². The number of halogens is 3. The van der Waals surface area contributed by atoms with Crippen LogP contribution in [0.1, 0.15) is 32.5 Å². The van der Waals surface area contributed by atoms with Crippen molar-refractivity contribution in [2.24, 2.45) is 11.3 Å². The quantitative estimate of drug-likeness (QED) is 0.905. The molecule has 5 nitrogen and oxygen atoms in total. The van der Waals surface area contributed by atoms with E-state index < -0.39 is 23.4 Å². The predicted molar refractivity (Wildman–Crippen MR) is 53.6 cm³/mol. The number of aliphatic carboxylic acids is 1. The van der Waals surface area contributed by atoms with Crippen LogP contribution in [-0.4, -0.2) is 21.2 Å².